The molecule has 0 spiro atoms. The molecule has 0 aliphatic heterocycles. The summed E-state index contributed by atoms with van der Waals surface area (Å²) in [5, 5.41) is 8.06. The van der Waals surface area contributed by atoms with Crippen molar-refractivity contribution in [2.75, 3.05) is 28.4 Å². The molecule has 4 aromatic rings. The van der Waals surface area contributed by atoms with Crippen LogP contribution >= 0.6 is 0 Å². The van der Waals surface area contributed by atoms with E-state index in [0.717, 1.165) is 38.5 Å². The summed E-state index contributed by atoms with van der Waals surface area (Å²) >= 11 is 0. The zero-order chi connectivity index (χ0) is 40.1. The van der Waals surface area contributed by atoms with E-state index in [4.69, 9.17) is 28.4 Å². The molecular formula is C42H46N4O10. The maximum Gasteiger partial charge on any atom is 0.343 e. The highest BCUT2D eigenvalue weighted by Gasteiger charge is 2.15. The second kappa shape index (κ2) is 22.5. The third-order valence-corrected chi connectivity index (χ3v) is 8.30. The number of hydrogen-bond acceptors (Lipinski definition) is 12. The molecule has 0 unspecified atom stereocenters. The van der Waals surface area contributed by atoms with Crippen LogP contribution in [0.4, 0.5) is 0 Å². The zero-order valence-corrected chi connectivity index (χ0v) is 31.9. The fourth-order valence-corrected chi connectivity index (χ4v) is 5.22. The molecule has 14 heteroatoms. The summed E-state index contributed by atoms with van der Waals surface area (Å²) in [5.74, 6) is 0.957. The summed E-state index contributed by atoms with van der Waals surface area (Å²) in [5.41, 5.74) is 7.08. The summed E-state index contributed by atoms with van der Waals surface area (Å²) in [6, 6.07) is 23.0. The minimum atomic E-state index is -0.540. The van der Waals surface area contributed by atoms with Crippen molar-refractivity contribution in [3.63, 3.8) is 0 Å². The van der Waals surface area contributed by atoms with Crippen molar-refractivity contribution in [2.24, 2.45) is 10.2 Å². The van der Waals surface area contributed by atoms with E-state index in [1.807, 2.05) is 0 Å². The van der Waals surface area contributed by atoms with E-state index in [0.29, 0.717) is 58.1 Å². The van der Waals surface area contributed by atoms with Crippen LogP contribution < -0.4 is 39.3 Å². The fourth-order valence-electron chi connectivity index (χ4n) is 5.22. The Morgan fingerprint density at radius 1 is 0.482 bits per heavy atom. The molecule has 0 aliphatic carbocycles. The first-order valence-electron chi connectivity index (χ1n) is 17.9. The quantitative estimate of drug-likeness (QED) is 0.0299. The molecule has 0 saturated heterocycles. The largest absolute Gasteiger partial charge is 0.497 e. The van der Waals surface area contributed by atoms with Crippen molar-refractivity contribution in [2.45, 2.75) is 51.4 Å². The number of hydrogen-bond donors (Lipinski definition) is 2. The normalized spacial score (nSPS) is 10.9. The highest BCUT2D eigenvalue weighted by molar-refractivity contribution is 5.92. The van der Waals surface area contributed by atoms with Crippen LogP contribution in [0.1, 0.15) is 83.2 Å². The number of nitrogens with zero attached hydrogens (tertiary/aromatic N) is 2. The number of nitrogens with one attached hydrogen (secondary N) is 2. The Kier molecular flexibility index (Phi) is 16.9. The molecule has 0 radical (unpaired) electrons. The van der Waals surface area contributed by atoms with Gasteiger partial charge >= 0.3 is 11.9 Å². The lowest BCUT2D eigenvalue weighted by atomic mass is 10.1. The van der Waals surface area contributed by atoms with Gasteiger partial charge in [0.2, 0.25) is 11.8 Å². The predicted molar refractivity (Wildman–Crippen MR) is 210 cm³/mol. The van der Waals surface area contributed by atoms with E-state index in [2.05, 4.69) is 21.1 Å². The lowest BCUT2D eigenvalue weighted by Crippen LogP contribution is -2.17. The zero-order valence-electron chi connectivity index (χ0n) is 31.9. The third-order valence-electron chi connectivity index (χ3n) is 8.30. The molecule has 2 amide bonds. The van der Waals surface area contributed by atoms with Gasteiger partial charge in [-0.15, -0.1) is 0 Å². The molecule has 294 valence electrons. The monoisotopic (exact) mass is 766 g/mol. The molecule has 4 rings (SSSR count). The molecule has 56 heavy (non-hydrogen) atoms. The molecule has 0 aliphatic rings. The first-order chi connectivity index (χ1) is 27.2. The van der Waals surface area contributed by atoms with Crippen molar-refractivity contribution in [1.82, 2.24) is 10.9 Å². The van der Waals surface area contributed by atoms with Crippen LogP contribution in [0.15, 0.2) is 95.1 Å². The van der Waals surface area contributed by atoms with E-state index in [1.165, 1.54) is 26.6 Å². The average molecular weight is 767 g/mol. The minimum absolute atomic E-state index is 0.196. The number of carbonyl (C=O) groups excluding carboxylic acids is 4. The SMILES string of the molecule is COc1ccc(C(=O)Oc2ccc(/C=N\NC(=O)CCCCCCCCC(=O)N/N=C\c3ccc(OC(=O)c4ccc(OC)cc4)c(OC)c3)cc2OC)cc1. The number of esters is 2. The van der Waals surface area contributed by atoms with Gasteiger partial charge in [0.05, 0.1) is 52.0 Å². The summed E-state index contributed by atoms with van der Waals surface area (Å²) in [4.78, 5) is 49.6. The van der Waals surface area contributed by atoms with Gasteiger partial charge in [-0.25, -0.2) is 20.4 Å². The van der Waals surface area contributed by atoms with E-state index >= 15 is 0 Å². The number of amides is 2. The van der Waals surface area contributed by atoms with Crippen LogP contribution in [-0.2, 0) is 9.59 Å². The standard InChI is InChI=1S/C42H46N4O10/c1-51-33-19-15-31(16-20-33)41(49)55-35-23-13-29(25-37(35)53-3)27-43-45-39(47)11-9-7-5-6-8-10-12-40(48)46-44-28-30-14-24-36(38(26-30)54-4)56-42(50)32-17-21-34(52-2)22-18-32/h13-28H,5-12H2,1-4H3,(H,45,47)(H,46,48)/b43-27-,44-28-. The first-order valence-corrected chi connectivity index (χ1v) is 17.9. The first kappa shape index (κ1) is 42.0. The Bertz CT molecular complexity index is 1840. The maximum atomic E-state index is 12.5. The van der Waals surface area contributed by atoms with E-state index in [-0.39, 0.29) is 23.3 Å². The summed E-state index contributed by atoms with van der Waals surface area (Å²) < 4.78 is 32.0. The van der Waals surface area contributed by atoms with E-state index in [9.17, 15) is 19.2 Å². The molecule has 0 aromatic heterocycles. The van der Waals surface area contributed by atoms with Gasteiger partial charge in [0.25, 0.3) is 0 Å². The Balaban J connectivity index is 1.06. The molecule has 0 bridgehead atoms. The van der Waals surface area contributed by atoms with Crippen molar-refractivity contribution >= 4 is 36.2 Å². The lowest BCUT2D eigenvalue weighted by Gasteiger charge is -2.10. The number of benzene rings is 4. The number of rotatable bonds is 21. The van der Waals surface area contributed by atoms with Gasteiger partial charge in [0.15, 0.2) is 23.0 Å². The van der Waals surface area contributed by atoms with Gasteiger partial charge in [-0.05, 0) is 109 Å². The Hall–Kier alpha value is -6.70. The molecular weight excluding hydrogens is 720 g/mol. The predicted octanol–water partition coefficient (Wildman–Crippen LogP) is 6.88. The molecule has 0 saturated carbocycles. The summed E-state index contributed by atoms with van der Waals surface area (Å²) in [6.07, 6.45) is 8.72. The van der Waals surface area contributed by atoms with E-state index in [1.54, 1.807) is 99.1 Å². The second-order valence-corrected chi connectivity index (χ2v) is 12.3. The number of hydrazone groups is 2. The molecule has 0 atom stereocenters. The van der Waals surface area contributed by atoms with Crippen LogP contribution in [0.5, 0.6) is 34.5 Å². The Morgan fingerprint density at radius 2 is 0.857 bits per heavy atom. The molecule has 4 aromatic carbocycles. The van der Waals surface area contributed by atoms with Crippen molar-refractivity contribution < 1.29 is 47.6 Å². The summed E-state index contributed by atoms with van der Waals surface area (Å²) in [6.45, 7) is 0. The van der Waals surface area contributed by atoms with Crippen LogP contribution in [0.2, 0.25) is 0 Å². The van der Waals surface area contributed by atoms with Gasteiger partial charge in [0.1, 0.15) is 11.5 Å². The van der Waals surface area contributed by atoms with Crippen LogP contribution in [0.25, 0.3) is 0 Å². The molecule has 0 fully saturated rings. The lowest BCUT2D eigenvalue weighted by molar-refractivity contribution is -0.122. The van der Waals surface area contributed by atoms with Crippen LogP contribution in [0, 0.1) is 0 Å². The van der Waals surface area contributed by atoms with Crippen LogP contribution in [-0.4, -0.2) is 64.6 Å². The van der Waals surface area contributed by atoms with Gasteiger partial charge in [-0.2, -0.15) is 10.2 Å². The van der Waals surface area contributed by atoms with Gasteiger partial charge in [0, 0.05) is 12.8 Å². The second-order valence-electron chi connectivity index (χ2n) is 12.3. The fraction of sp³-hybridized carbons (Fsp3) is 0.286. The highest BCUT2D eigenvalue weighted by atomic mass is 16.6. The Morgan fingerprint density at radius 3 is 1.21 bits per heavy atom. The molecule has 14 nitrogen and oxygen atoms in total. The number of methoxy groups -OCH3 is 4. The number of unbranched alkanes of at least 4 members (excludes halogenated alkanes) is 5. The van der Waals surface area contributed by atoms with Gasteiger partial charge in [-0.3, -0.25) is 9.59 Å². The smallest absolute Gasteiger partial charge is 0.343 e. The topological polar surface area (TPSA) is 172 Å². The van der Waals surface area contributed by atoms with Crippen molar-refractivity contribution in [3.05, 3.63) is 107 Å². The van der Waals surface area contributed by atoms with E-state index < -0.39 is 11.9 Å². The number of ether oxygens (including phenoxy) is 6. The van der Waals surface area contributed by atoms with Crippen molar-refractivity contribution in [1.29, 1.82) is 0 Å². The minimum Gasteiger partial charge on any atom is -0.497 e. The third kappa shape index (κ3) is 13.6. The maximum absolute atomic E-state index is 12.5. The summed E-state index contributed by atoms with van der Waals surface area (Å²) in [7, 11) is 6.02. The molecule has 0 heterocycles. The average Bonchev–Trinajstić information content (AvgIpc) is 3.22. The number of carbonyl (C=O) groups is 4. The van der Waals surface area contributed by atoms with Crippen molar-refractivity contribution in [3.8, 4) is 34.5 Å². The van der Waals surface area contributed by atoms with Gasteiger partial charge < -0.3 is 28.4 Å². The Labute approximate surface area is 325 Å². The van der Waals surface area contributed by atoms with Crippen LogP contribution in [0.3, 0.4) is 0 Å². The molecule has 2 N–H and O–H groups in total. The highest BCUT2D eigenvalue weighted by Crippen LogP contribution is 2.30. The van der Waals surface area contributed by atoms with Gasteiger partial charge in [-0.1, -0.05) is 25.7 Å².